The van der Waals surface area contributed by atoms with Gasteiger partial charge in [0.2, 0.25) is 0 Å². The lowest BCUT2D eigenvalue weighted by molar-refractivity contribution is -0.137. The number of hydrogen-bond acceptors (Lipinski definition) is 2. The lowest BCUT2D eigenvalue weighted by Gasteiger charge is -2.21. The van der Waals surface area contributed by atoms with Crippen LogP contribution in [0.2, 0.25) is 0 Å². The summed E-state index contributed by atoms with van der Waals surface area (Å²) in [5.74, 6) is -0.837. The van der Waals surface area contributed by atoms with Crippen molar-refractivity contribution < 1.29 is 14.7 Å². The largest absolute Gasteiger partial charge is 0.481 e. The third-order valence-corrected chi connectivity index (χ3v) is 2.77. The fraction of sp³-hybridized carbons (Fsp3) is 0.667. The van der Waals surface area contributed by atoms with Gasteiger partial charge in [0.1, 0.15) is 0 Å². The van der Waals surface area contributed by atoms with Crippen molar-refractivity contribution >= 4 is 12.0 Å². The van der Waals surface area contributed by atoms with Crippen molar-refractivity contribution in [2.75, 3.05) is 0 Å². The van der Waals surface area contributed by atoms with Gasteiger partial charge in [-0.2, -0.15) is 0 Å². The van der Waals surface area contributed by atoms with Crippen molar-refractivity contribution in [1.82, 2.24) is 10.6 Å². The maximum Gasteiger partial charge on any atom is 0.315 e. The van der Waals surface area contributed by atoms with E-state index in [1.807, 2.05) is 6.92 Å². The van der Waals surface area contributed by atoms with Gasteiger partial charge in [0, 0.05) is 18.5 Å². The van der Waals surface area contributed by atoms with Crippen LogP contribution in [-0.2, 0) is 4.79 Å². The van der Waals surface area contributed by atoms with Crippen molar-refractivity contribution in [2.24, 2.45) is 0 Å². The van der Waals surface area contributed by atoms with Crippen molar-refractivity contribution in [2.45, 2.75) is 51.1 Å². The van der Waals surface area contributed by atoms with Crippen molar-refractivity contribution in [3.8, 4) is 0 Å². The van der Waals surface area contributed by atoms with Crippen LogP contribution in [0.4, 0.5) is 4.79 Å². The molecule has 0 spiro atoms. The highest BCUT2D eigenvalue weighted by atomic mass is 16.4. The van der Waals surface area contributed by atoms with E-state index in [1.54, 1.807) is 0 Å². The molecule has 0 fully saturated rings. The molecule has 0 aromatic carbocycles. The first kappa shape index (κ1) is 13.5. The molecule has 1 aliphatic rings. The van der Waals surface area contributed by atoms with Gasteiger partial charge in [-0.15, -0.1) is 0 Å². The molecule has 1 rings (SSSR count). The second kappa shape index (κ2) is 6.93. The van der Waals surface area contributed by atoms with E-state index in [4.69, 9.17) is 5.11 Å². The van der Waals surface area contributed by atoms with Gasteiger partial charge in [0.15, 0.2) is 0 Å². The molecule has 0 saturated carbocycles. The molecule has 3 N–H and O–H groups in total. The summed E-state index contributed by atoms with van der Waals surface area (Å²) < 4.78 is 0. The number of hydrogen-bond donors (Lipinski definition) is 3. The molecular weight excluding hydrogens is 220 g/mol. The molecule has 0 aliphatic heterocycles. The van der Waals surface area contributed by atoms with Gasteiger partial charge in [0.05, 0.1) is 0 Å². The predicted octanol–water partition coefficient (Wildman–Crippen LogP) is 1.65. The van der Waals surface area contributed by atoms with Crippen molar-refractivity contribution in [3.63, 3.8) is 0 Å². The molecular formula is C12H20N2O3. The predicted molar refractivity (Wildman–Crippen MR) is 64.8 cm³/mol. The van der Waals surface area contributed by atoms with Crippen LogP contribution < -0.4 is 10.6 Å². The Morgan fingerprint density at radius 1 is 1.47 bits per heavy atom. The molecule has 2 unspecified atom stereocenters. The maximum absolute atomic E-state index is 11.6. The Balaban J connectivity index is 2.19. The van der Waals surface area contributed by atoms with Crippen LogP contribution >= 0.6 is 0 Å². The van der Waals surface area contributed by atoms with Gasteiger partial charge in [-0.3, -0.25) is 4.79 Å². The third-order valence-electron chi connectivity index (χ3n) is 2.77. The number of aliphatic carboxylic acids is 1. The van der Waals surface area contributed by atoms with Gasteiger partial charge >= 0.3 is 12.0 Å². The first-order valence-electron chi connectivity index (χ1n) is 6.01. The average Bonchev–Trinajstić information content (AvgIpc) is 2.27. The summed E-state index contributed by atoms with van der Waals surface area (Å²) in [6.07, 6.45) is 7.55. The monoisotopic (exact) mass is 240 g/mol. The molecule has 0 aromatic rings. The summed E-state index contributed by atoms with van der Waals surface area (Å²) in [5, 5.41) is 14.2. The van der Waals surface area contributed by atoms with Crippen LogP contribution in [0.25, 0.3) is 0 Å². The zero-order valence-corrected chi connectivity index (χ0v) is 10.1. The van der Waals surface area contributed by atoms with E-state index in [2.05, 4.69) is 22.8 Å². The zero-order valence-electron chi connectivity index (χ0n) is 10.1. The highest BCUT2D eigenvalue weighted by molar-refractivity contribution is 5.74. The maximum atomic E-state index is 11.6. The third kappa shape index (κ3) is 5.94. The molecule has 2 amide bonds. The fourth-order valence-corrected chi connectivity index (χ4v) is 1.79. The van der Waals surface area contributed by atoms with Crippen LogP contribution in [0.3, 0.4) is 0 Å². The molecule has 0 heterocycles. The summed E-state index contributed by atoms with van der Waals surface area (Å²) >= 11 is 0. The van der Waals surface area contributed by atoms with Crippen LogP contribution in [0.1, 0.15) is 39.0 Å². The number of carboxylic acids is 1. The van der Waals surface area contributed by atoms with E-state index in [0.717, 1.165) is 19.3 Å². The van der Waals surface area contributed by atoms with E-state index < -0.39 is 5.97 Å². The number of carbonyl (C=O) groups excluding carboxylic acids is 1. The number of amides is 2. The summed E-state index contributed by atoms with van der Waals surface area (Å²) in [5.41, 5.74) is 0. The second-order valence-electron chi connectivity index (χ2n) is 4.43. The molecule has 0 bridgehead atoms. The molecule has 0 radical (unpaired) electrons. The summed E-state index contributed by atoms with van der Waals surface area (Å²) in [6.45, 7) is 1.81. The number of urea groups is 1. The summed E-state index contributed by atoms with van der Waals surface area (Å²) in [6, 6.07) is -0.125. The molecule has 5 heteroatoms. The Hall–Kier alpha value is -1.52. The van der Waals surface area contributed by atoms with Gasteiger partial charge in [-0.1, -0.05) is 12.2 Å². The average molecular weight is 240 g/mol. The summed E-state index contributed by atoms with van der Waals surface area (Å²) in [7, 11) is 0. The quantitative estimate of drug-likeness (QED) is 0.639. The first-order valence-corrected chi connectivity index (χ1v) is 6.01. The molecule has 1 aliphatic carbocycles. The van der Waals surface area contributed by atoms with Crippen molar-refractivity contribution in [3.05, 3.63) is 12.2 Å². The Morgan fingerprint density at radius 3 is 2.82 bits per heavy atom. The molecule has 0 saturated heterocycles. The highest BCUT2D eigenvalue weighted by Gasteiger charge is 2.14. The molecule has 2 atom stereocenters. The number of nitrogens with one attached hydrogen (secondary N) is 2. The Labute approximate surface area is 101 Å². The van der Waals surface area contributed by atoms with Gasteiger partial charge in [0.25, 0.3) is 0 Å². The Bertz CT molecular complexity index is 302. The van der Waals surface area contributed by atoms with E-state index >= 15 is 0 Å². The van der Waals surface area contributed by atoms with Crippen molar-refractivity contribution in [1.29, 1.82) is 0 Å². The van der Waals surface area contributed by atoms with Crippen LogP contribution in [0, 0.1) is 0 Å². The van der Waals surface area contributed by atoms with E-state index in [9.17, 15) is 9.59 Å². The van der Waals surface area contributed by atoms with E-state index in [0.29, 0.717) is 6.42 Å². The van der Waals surface area contributed by atoms with Gasteiger partial charge in [-0.25, -0.2) is 4.79 Å². The zero-order chi connectivity index (χ0) is 12.7. The molecule has 5 nitrogen and oxygen atoms in total. The number of carboxylic acid groups (broad SMARTS) is 1. The number of rotatable bonds is 5. The SMILES string of the molecule is CC(CCC(=O)O)NC(=O)NC1CC=CCC1. The molecule has 17 heavy (non-hydrogen) atoms. The minimum atomic E-state index is -0.837. The lowest BCUT2D eigenvalue weighted by atomic mass is 10.0. The fourth-order valence-electron chi connectivity index (χ4n) is 1.79. The van der Waals surface area contributed by atoms with Gasteiger partial charge in [-0.05, 0) is 32.6 Å². The van der Waals surface area contributed by atoms with E-state index in [1.165, 1.54) is 0 Å². The van der Waals surface area contributed by atoms with Crippen LogP contribution in [0.5, 0.6) is 0 Å². The summed E-state index contributed by atoms with van der Waals surface area (Å²) in [4.78, 5) is 21.9. The Morgan fingerprint density at radius 2 is 2.24 bits per heavy atom. The normalized spacial score (nSPS) is 20.6. The molecule has 96 valence electrons. The number of carbonyl (C=O) groups is 2. The molecule has 0 aromatic heterocycles. The Kier molecular flexibility index (Phi) is 5.52. The van der Waals surface area contributed by atoms with E-state index in [-0.39, 0.29) is 24.5 Å². The minimum absolute atomic E-state index is 0.0770. The minimum Gasteiger partial charge on any atom is -0.481 e. The highest BCUT2D eigenvalue weighted by Crippen LogP contribution is 2.10. The standard InChI is InChI=1S/C12H20N2O3/c1-9(7-8-11(15)16)13-12(17)14-10-5-3-2-4-6-10/h2-3,9-10H,4-8H2,1H3,(H,15,16)(H2,13,14,17). The first-order chi connectivity index (χ1) is 8.08. The van der Waals surface area contributed by atoms with Crippen LogP contribution in [-0.4, -0.2) is 29.2 Å². The van der Waals surface area contributed by atoms with Crippen LogP contribution in [0.15, 0.2) is 12.2 Å². The smallest absolute Gasteiger partial charge is 0.315 e. The lowest BCUT2D eigenvalue weighted by Crippen LogP contribution is -2.45. The second-order valence-corrected chi connectivity index (χ2v) is 4.43. The topological polar surface area (TPSA) is 78.4 Å². The number of allylic oxidation sites excluding steroid dienone is 1. The van der Waals surface area contributed by atoms with Gasteiger partial charge < -0.3 is 15.7 Å².